The van der Waals surface area contributed by atoms with Gasteiger partial charge in [0.2, 0.25) is 0 Å². The number of nitrogens with zero attached hydrogens (tertiary/aromatic N) is 3. The lowest BCUT2D eigenvalue weighted by atomic mass is 10.1. The molecule has 0 fully saturated rings. The third-order valence-electron chi connectivity index (χ3n) is 3.45. The molecule has 0 radical (unpaired) electrons. The molecule has 2 heterocycles. The number of halogens is 4. The minimum atomic E-state index is -4.54. The molecule has 0 spiro atoms. The summed E-state index contributed by atoms with van der Waals surface area (Å²) < 4.78 is 39.7. The molecule has 0 saturated heterocycles. The van der Waals surface area contributed by atoms with Crippen LogP contribution in [0.3, 0.4) is 0 Å². The SMILES string of the molecule is O=c1c2cc(C(F)(F)F)ccc2ncn1Nc1ccncc1SCCCl. The maximum absolute atomic E-state index is 12.9. The minimum absolute atomic E-state index is 0.126. The second-order valence-electron chi connectivity index (χ2n) is 5.17. The molecule has 0 saturated carbocycles. The zero-order chi connectivity index (χ0) is 18.7. The number of nitrogens with one attached hydrogen (secondary N) is 1. The quantitative estimate of drug-likeness (QED) is 0.518. The molecule has 3 rings (SSSR count). The lowest BCUT2D eigenvalue weighted by molar-refractivity contribution is -0.137. The number of aromatic nitrogens is 3. The van der Waals surface area contributed by atoms with E-state index in [4.69, 9.17) is 11.6 Å². The highest BCUT2D eigenvalue weighted by molar-refractivity contribution is 7.99. The fraction of sp³-hybridized carbons (Fsp3) is 0.188. The lowest BCUT2D eigenvalue weighted by Crippen LogP contribution is -2.27. The van der Waals surface area contributed by atoms with Crippen LogP contribution < -0.4 is 11.0 Å². The molecule has 2 aromatic heterocycles. The van der Waals surface area contributed by atoms with Crippen molar-refractivity contribution in [2.24, 2.45) is 0 Å². The molecular formula is C16H12ClF3N4OS. The number of rotatable bonds is 5. The van der Waals surface area contributed by atoms with Gasteiger partial charge in [-0.1, -0.05) is 0 Å². The van der Waals surface area contributed by atoms with Crippen LogP contribution in [0.15, 0.2) is 52.7 Å². The van der Waals surface area contributed by atoms with Crippen LogP contribution in [0.4, 0.5) is 18.9 Å². The molecule has 0 atom stereocenters. The van der Waals surface area contributed by atoms with Crippen molar-refractivity contribution >= 4 is 40.0 Å². The monoisotopic (exact) mass is 400 g/mol. The van der Waals surface area contributed by atoms with Crippen molar-refractivity contribution in [3.05, 3.63) is 58.9 Å². The first-order chi connectivity index (χ1) is 12.4. The highest BCUT2D eigenvalue weighted by Crippen LogP contribution is 2.30. The Kier molecular flexibility index (Phi) is 5.38. The van der Waals surface area contributed by atoms with Crippen LogP contribution in [0.1, 0.15) is 5.56 Å². The smallest absolute Gasteiger partial charge is 0.289 e. The minimum Gasteiger partial charge on any atom is -0.289 e. The molecule has 0 aliphatic heterocycles. The molecular weight excluding hydrogens is 389 g/mol. The van der Waals surface area contributed by atoms with Crippen molar-refractivity contribution in [3.63, 3.8) is 0 Å². The average molecular weight is 401 g/mol. The van der Waals surface area contributed by atoms with Crippen molar-refractivity contribution < 1.29 is 13.2 Å². The molecule has 1 N–H and O–H groups in total. The molecule has 26 heavy (non-hydrogen) atoms. The van der Waals surface area contributed by atoms with Crippen molar-refractivity contribution in [2.45, 2.75) is 11.1 Å². The van der Waals surface area contributed by atoms with Gasteiger partial charge in [-0.05, 0) is 24.3 Å². The average Bonchev–Trinajstić information content (AvgIpc) is 2.62. The molecule has 3 aromatic rings. The third kappa shape index (κ3) is 3.94. The summed E-state index contributed by atoms with van der Waals surface area (Å²) in [6.45, 7) is 0. The van der Waals surface area contributed by atoms with E-state index in [0.29, 0.717) is 17.3 Å². The molecule has 0 aliphatic rings. The second kappa shape index (κ2) is 7.55. The number of fused-ring (bicyclic) bond motifs is 1. The van der Waals surface area contributed by atoms with E-state index in [0.717, 1.165) is 21.7 Å². The number of alkyl halides is 4. The highest BCUT2D eigenvalue weighted by Gasteiger charge is 2.30. The Morgan fingerprint density at radius 1 is 1.27 bits per heavy atom. The van der Waals surface area contributed by atoms with Crippen LogP contribution in [-0.2, 0) is 6.18 Å². The standard InChI is InChI=1S/C16H12ClF3N4OS/c17-4-6-26-14-8-21-5-3-13(14)23-24-9-22-12-2-1-10(16(18,19)20)7-11(12)15(24)25/h1-3,5,7-9H,4,6H2,(H,21,23). The summed E-state index contributed by atoms with van der Waals surface area (Å²) in [6.07, 6.45) is -0.158. The van der Waals surface area contributed by atoms with Gasteiger partial charge in [-0.2, -0.15) is 13.2 Å². The first-order valence-electron chi connectivity index (χ1n) is 7.38. The largest absolute Gasteiger partial charge is 0.416 e. The van der Waals surface area contributed by atoms with Crippen LogP contribution in [0.25, 0.3) is 10.9 Å². The Balaban J connectivity index is 2.02. The van der Waals surface area contributed by atoms with Gasteiger partial charge in [0.05, 0.1) is 27.0 Å². The predicted molar refractivity (Wildman–Crippen MR) is 95.7 cm³/mol. The molecule has 136 valence electrons. The van der Waals surface area contributed by atoms with Gasteiger partial charge in [0.25, 0.3) is 5.56 Å². The van der Waals surface area contributed by atoms with E-state index < -0.39 is 17.3 Å². The highest BCUT2D eigenvalue weighted by atomic mass is 35.5. The number of pyridine rings is 1. The Labute approximate surface area is 155 Å². The van der Waals surface area contributed by atoms with Crippen LogP contribution in [0.2, 0.25) is 0 Å². The Morgan fingerprint density at radius 2 is 2.08 bits per heavy atom. The third-order valence-corrected chi connectivity index (χ3v) is 4.90. The van der Waals surface area contributed by atoms with Gasteiger partial charge < -0.3 is 0 Å². The first kappa shape index (κ1) is 18.5. The first-order valence-corrected chi connectivity index (χ1v) is 8.90. The van der Waals surface area contributed by atoms with Crippen molar-refractivity contribution in [1.29, 1.82) is 0 Å². The Morgan fingerprint density at radius 3 is 2.81 bits per heavy atom. The van der Waals surface area contributed by atoms with Gasteiger partial charge in [-0.15, -0.1) is 23.4 Å². The molecule has 0 aliphatic carbocycles. The van der Waals surface area contributed by atoms with E-state index in [1.807, 2.05) is 0 Å². The van der Waals surface area contributed by atoms with Gasteiger partial charge >= 0.3 is 6.18 Å². The summed E-state index contributed by atoms with van der Waals surface area (Å²) in [7, 11) is 0. The number of benzene rings is 1. The molecule has 0 bridgehead atoms. The molecule has 0 amide bonds. The molecule has 0 unspecified atom stereocenters. The van der Waals surface area contributed by atoms with E-state index in [1.165, 1.54) is 30.4 Å². The van der Waals surface area contributed by atoms with E-state index in [-0.39, 0.29) is 10.9 Å². The van der Waals surface area contributed by atoms with Crippen LogP contribution in [0.5, 0.6) is 0 Å². The van der Waals surface area contributed by atoms with E-state index in [2.05, 4.69) is 15.4 Å². The summed E-state index contributed by atoms with van der Waals surface area (Å²) in [5.41, 5.74) is 2.09. The van der Waals surface area contributed by atoms with E-state index in [1.54, 1.807) is 12.3 Å². The fourth-order valence-electron chi connectivity index (χ4n) is 2.24. The fourth-order valence-corrected chi connectivity index (χ4v) is 3.18. The normalized spacial score (nSPS) is 11.7. The molecule has 10 heteroatoms. The summed E-state index contributed by atoms with van der Waals surface area (Å²) in [6, 6.07) is 4.53. The Hall–Kier alpha value is -2.26. The van der Waals surface area contributed by atoms with Crippen molar-refractivity contribution in [1.82, 2.24) is 14.6 Å². The van der Waals surface area contributed by atoms with Gasteiger partial charge in [-0.25, -0.2) is 9.66 Å². The number of hydrogen-bond acceptors (Lipinski definition) is 5. The summed E-state index contributed by atoms with van der Waals surface area (Å²) in [5.74, 6) is 1.08. The second-order valence-corrected chi connectivity index (χ2v) is 6.69. The van der Waals surface area contributed by atoms with Crippen molar-refractivity contribution in [3.8, 4) is 0 Å². The molecule has 5 nitrogen and oxygen atoms in total. The number of anilines is 1. The summed E-state index contributed by atoms with van der Waals surface area (Å²) >= 11 is 7.13. The van der Waals surface area contributed by atoms with Crippen molar-refractivity contribution in [2.75, 3.05) is 17.1 Å². The zero-order valence-electron chi connectivity index (χ0n) is 13.1. The van der Waals surface area contributed by atoms with Gasteiger partial charge in [-0.3, -0.25) is 15.2 Å². The van der Waals surface area contributed by atoms with Gasteiger partial charge in [0.15, 0.2) is 0 Å². The van der Waals surface area contributed by atoms with Gasteiger partial charge in [0.1, 0.15) is 6.33 Å². The Bertz CT molecular complexity index is 993. The number of thioether (sulfide) groups is 1. The number of hydrogen-bond donors (Lipinski definition) is 1. The predicted octanol–water partition coefficient (Wildman–Crippen LogP) is 4.02. The maximum atomic E-state index is 12.9. The summed E-state index contributed by atoms with van der Waals surface area (Å²) in [4.78, 5) is 21.4. The van der Waals surface area contributed by atoms with Crippen LogP contribution in [-0.4, -0.2) is 26.3 Å². The summed E-state index contributed by atoms with van der Waals surface area (Å²) in [5, 5.41) is -0.126. The maximum Gasteiger partial charge on any atom is 0.416 e. The van der Waals surface area contributed by atoms with Crippen LogP contribution in [0, 0.1) is 0 Å². The van der Waals surface area contributed by atoms with Gasteiger partial charge in [0, 0.05) is 24.0 Å². The topological polar surface area (TPSA) is 59.8 Å². The lowest BCUT2D eigenvalue weighted by Gasteiger charge is -2.13. The molecule has 1 aromatic carbocycles. The zero-order valence-corrected chi connectivity index (χ0v) is 14.7. The van der Waals surface area contributed by atoms with Crippen LogP contribution >= 0.6 is 23.4 Å². The van der Waals surface area contributed by atoms with E-state index >= 15 is 0 Å². The van der Waals surface area contributed by atoms with E-state index in [9.17, 15) is 18.0 Å².